The number of benzene rings is 2. The van der Waals surface area contributed by atoms with Crippen molar-refractivity contribution in [1.82, 2.24) is 4.98 Å². The normalized spacial score (nSPS) is 10.5. The van der Waals surface area contributed by atoms with Gasteiger partial charge in [-0.25, -0.2) is 4.98 Å². The third-order valence-electron chi connectivity index (χ3n) is 4.05. The summed E-state index contributed by atoms with van der Waals surface area (Å²) in [5.74, 6) is 0.384. The van der Waals surface area contributed by atoms with Crippen molar-refractivity contribution in [3.05, 3.63) is 96.1 Å². The molecule has 2 aromatic carbocycles. The van der Waals surface area contributed by atoms with E-state index in [1.54, 1.807) is 24.3 Å². The Kier molecular flexibility index (Phi) is 9.14. The quantitative estimate of drug-likeness (QED) is 0.267. The van der Waals surface area contributed by atoms with Gasteiger partial charge in [-0.15, -0.1) is 0 Å². The van der Waals surface area contributed by atoms with Crippen LogP contribution in [0.3, 0.4) is 0 Å². The second-order valence-corrected chi connectivity index (χ2v) is 9.47. The molecule has 0 aliphatic carbocycles. The molecule has 0 radical (unpaired) electrons. The highest BCUT2D eigenvalue weighted by Gasteiger charge is 2.26. The van der Waals surface area contributed by atoms with Gasteiger partial charge in [0.05, 0.1) is 10.0 Å². The minimum atomic E-state index is -0.188. The van der Waals surface area contributed by atoms with Gasteiger partial charge in [0, 0.05) is 11.4 Å². The Labute approximate surface area is 225 Å². The van der Waals surface area contributed by atoms with E-state index in [2.05, 4.69) is 4.98 Å². The number of aromatic nitrogens is 1. The number of halogens is 8. The third kappa shape index (κ3) is 5.72. The second-order valence-electron chi connectivity index (χ2n) is 6.04. The molecule has 3 nitrogen and oxygen atoms in total. The first kappa shape index (κ1) is 25.6. The van der Waals surface area contributed by atoms with E-state index in [1.165, 1.54) is 15.9 Å². The molecule has 0 saturated carbocycles. The van der Waals surface area contributed by atoms with Crippen LogP contribution in [0.1, 0.15) is 0 Å². The van der Waals surface area contributed by atoms with Crippen molar-refractivity contribution in [2.24, 2.45) is 0 Å². The first-order valence-electron chi connectivity index (χ1n) is 8.70. The Morgan fingerprint density at radius 1 is 0.562 bits per heavy atom. The molecule has 0 aliphatic heterocycles. The average Bonchev–Trinajstić information content (AvgIpc) is 2.77. The predicted molar refractivity (Wildman–Crippen MR) is 141 cm³/mol. The fourth-order valence-electron chi connectivity index (χ4n) is 2.74. The molecule has 1 heterocycles. The zero-order valence-electron chi connectivity index (χ0n) is 15.7. The number of anilines is 4. The Balaban J connectivity index is 2.30. The Bertz CT molecular complexity index is 1070. The van der Waals surface area contributed by atoms with E-state index in [0.717, 1.165) is 0 Å². The number of hydrogen-bond donors (Lipinski definition) is 0. The fourth-order valence-corrected chi connectivity index (χ4v) is 3.96. The van der Waals surface area contributed by atoms with Gasteiger partial charge in [-0.1, -0.05) is 129 Å². The SMILES string of the molecule is ClC(Cl)=C(Cl)N(c1ccccc1)c1nc(N(C(Cl)=C(Cl)Cl)c2ccccc2)c(Cl)cc1Cl. The van der Waals surface area contributed by atoms with Crippen LogP contribution in [-0.4, -0.2) is 4.98 Å². The van der Waals surface area contributed by atoms with Crippen molar-refractivity contribution in [2.75, 3.05) is 9.80 Å². The molecule has 3 rings (SSSR count). The second kappa shape index (κ2) is 11.4. The van der Waals surface area contributed by atoms with E-state index in [9.17, 15) is 0 Å². The fraction of sp³-hybridized carbons (Fsp3) is 0. The molecule has 1 aromatic heterocycles. The molecule has 0 spiro atoms. The maximum absolute atomic E-state index is 6.52. The third-order valence-corrected chi connectivity index (χ3v) is 6.42. The summed E-state index contributed by atoms with van der Waals surface area (Å²) in [6.45, 7) is 0. The maximum atomic E-state index is 6.52. The highest BCUT2D eigenvalue weighted by atomic mass is 35.5. The number of para-hydroxylation sites is 2. The van der Waals surface area contributed by atoms with Crippen molar-refractivity contribution in [1.29, 1.82) is 0 Å². The van der Waals surface area contributed by atoms with E-state index < -0.39 is 0 Å². The lowest BCUT2D eigenvalue weighted by Gasteiger charge is -2.28. The summed E-state index contributed by atoms with van der Waals surface area (Å²) in [6, 6.07) is 19.5. The highest BCUT2D eigenvalue weighted by molar-refractivity contribution is 6.60. The monoisotopic (exact) mass is 585 g/mol. The van der Waals surface area contributed by atoms with Crippen LogP contribution in [0.2, 0.25) is 10.0 Å². The van der Waals surface area contributed by atoms with Crippen molar-refractivity contribution in [3.8, 4) is 0 Å². The average molecular weight is 589 g/mol. The Hall–Kier alpha value is -1.01. The molecule has 166 valence electrons. The Morgan fingerprint density at radius 3 is 1.22 bits per heavy atom. The molecule has 32 heavy (non-hydrogen) atoms. The summed E-state index contributed by atoms with van der Waals surface area (Å²) in [4.78, 5) is 7.60. The molecule has 0 N–H and O–H groups in total. The maximum Gasteiger partial charge on any atom is 0.159 e. The number of hydrogen-bond acceptors (Lipinski definition) is 3. The van der Waals surface area contributed by atoms with Gasteiger partial charge in [-0.05, 0) is 30.3 Å². The molecular weight excluding hydrogens is 578 g/mol. The first-order chi connectivity index (χ1) is 15.2. The largest absolute Gasteiger partial charge is 0.282 e. The summed E-state index contributed by atoms with van der Waals surface area (Å²) in [5, 5.41) is 0.316. The molecule has 0 aliphatic rings. The molecule has 3 aromatic rings. The number of nitrogens with zero attached hydrogens (tertiary/aromatic N) is 3. The molecule has 0 bridgehead atoms. The zero-order valence-corrected chi connectivity index (χ0v) is 21.8. The minimum absolute atomic E-state index is 0.0227. The molecule has 0 fully saturated rings. The zero-order chi connectivity index (χ0) is 23.4. The van der Waals surface area contributed by atoms with E-state index in [4.69, 9.17) is 92.8 Å². The van der Waals surface area contributed by atoms with Crippen LogP contribution < -0.4 is 9.80 Å². The van der Waals surface area contributed by atoms with Gasteiger partial charge in [0.1, 0.15) is 19.3 Å². The molecule has 0 amide bonds. The molecule has 0 unspecified atom stereocenters. The number of rotatable bonds is 6. The van der Waals surface area contributed by atoms with Crippen molar-refractivity contribution in [2.45, 2.75) is 0 Å². The van der Waals surface area contributed by atoms with E-state index >= 15 is 0 Å². The lowest BCUT2D eigenvalue weighted by Crippen LogP contribution is -2.20. The van der Waals surface area contributed by atoms with Gasteiger partial charge in [0.25, 0.3) is 0 Å². The van der Waals surface area contributed by atoms with Gasteiger partial charge in [0.2, 0.25) is 0 Å². The molecule has 11 heteroatoms. The van der Waals surface area contributed by atoms with E-state index in [-0.39, 0.29) is 41.0 Å². The van der Waals surface area contributed by atoms with Crippen LogP contribution in [0.5, 0.6) is 0 Å². The molecule has 0 atom stereocenters. The van der Waals surface area contributed by atoms with Crippen molar-refractivity contribution >= 4 is 116 Å². The summed E-state index contributed by atoms with van der Waals surface area (Å²) in [5.41, 5.74) is 1.20. The standard InChI is InChI=1S/C21H11Cl8N3/c22-14-11-15(23)21(32(19(29)17(26)27)13-9-5-2-6-10-13)30-20(14)31(18(28)16(24)25)12-7-3-1-4-8-12/h1-11H. The first-order valence-corrected chi connectivity index (χ1v) is 11.7. The van der Waals surface area contributed by atoms with E-state index in [0.29, 0.717) is 11.4 Å². The molecular formula is C21H11Cl8N3. The summed E-state index contributed by atoms with van der Waals surface area (Å²) in [7, 11) is 0. The lowest BCUT2D eigenvalue weighted by molar-refractivity contribution is 1.11. The topological polar surface area (TPSA) is 19.4 Å². The van der Waals surface area contributed by atoms with Crippen LogP contribution in [-0.2, 0) is 0 Å². The highest BCUT2D eigenvalue weighted by Crippen LogP contribution is 2.44. The summed E-state index contributed by atoms with van der Waals surface area (Å²) < 4.78 is -0.377. The summed E-state index contributed by atoms with van der Waals surface area (Å²) in [6.07, 6.45) is 0. The van der Waals surface area contributed by atoms with Gasteiger partial charge in [0.15, 0.2) is 11.6 Å². The smallest absolute Gasteiger partial charge is 0.159 e. The van der Waals surface area contributed by atoms with Crippen molar-refractivity contribution < 1.29 is 0 Å². The number of pyridine rings is 1. The van der Waals surface area contributed by atoms with Gasteiger partial charge < -0.3 is 0 Å². The van der Waals surface area contributed by atoms with Crippen LogP contribution in [0, 0.1) is 0 Å². The summed E-state index contributed by atoms with van der Waals surface area (Å²) >= 11 is 49.9. The van der Waals surface area contributed by atoms with Crippen LogP contribution >= 0.6 is 92.8 Å². The van der Waals surface area contributed by atoms with Gasteiger partial charge in [-0.3, -0.25) is 9.80 Å². The lowest BCUT2D eigenvalue weighted by atomic mass is 10.2. The Morgan fingerprint density at radius 2 is 0.906 bits per heavy atom. The van der Waals surface area contributed by atoms with E-state index in [1.807, 2.05) is 36.4 Å². The van der Waals surface area contributed by atoms with Gasteiger partial charge >= 0.3 is 0 Å². The van der Waals surface area contributed by atoms with Crippen molar-refractivity contribution in [3.63, 3.8) is 0 Å². The minimum Gasteiger partial charge on any atom is -0.282 e. The van der Waals surface area contributed by atoms with Crippen LogP contribution in [0.25, 0.3) is 0 Å². The predicted octanol–water partition coefficient (Wildman–Crippen LogP) is 10.4. The van der Waals surface area contributed by atoms with Crippen LogP contribution in [0.15, 0.2) is 86.0 Å². The molecule has 0 saturated heterocycles. The van der Waals surface area contributed by atoms with Gasteiger partial charge in [-0.2, -0.15) is 0 Å². The van der Waals surface area contributed by atoms with Crippen LogP contribution in [0.4, 0.5) is 23.0 Å².